The van der Waals surface area contributed by atoms with Crippen LogP contribution in [0.1, 0.15) is 44.0 Å². The monoisotopic (exact) mass is 310 g/mol. The Kier molecular flexibility index (Phi) is 6.20. The van der Waals surface area contributed by atoms with Crippen molar-refractivity contribution in [3.8, 4) is 0 Å². The molecule has 116 valence electrons. The van der Waals surface area contributed by atoms with Gasteiger partial charge in [-0.1, -0.05) is 20.8 Å². The number of nitrogens with zero attached hydrogens (tertiary/aromatic N) is 1. The van der Waals surface area contributed by atoms with E-state index in [9.17, 15) is 9.59 Å². The van der Waals surface area contributed by atoms with Gasteiger partial charge in [-0.3, -0.25) is 9.59 Å². The Morgan fingerprint density at radius 2 is 2.10 bits per heavy atom. The van der Waals surface area contributed by atoms with Gasteiger partial charge >= 0.3 is 5.97 Å². The normalized spacial score (nSPS) is 12.8. The highest BCUT2D eigenvalue weighted by Gasteiger charge is 2.24. The maximum absolute atomic E-state index is 12.3. The molecule has 0 radical (unpaired) electrons. The Morgan fingerprint density at radius 1 is 1.43 bits per heavy atom. The second-order valence-corrected chi connectivity index (χ2v) is 6.89. The van der Waals surface area contributed by atoms with E-state index in [2.05, 4.69) is 10.3 Å². The minimum absolute atomic E-state index is 0.0648. The maximum Gasteiger partial charge on any atom is 0.305 e. The summed E-state index contributed by atoms with van der Waals surface area (Å²) in [6, 6.07) is 3.00. The summed E-state index contributed by atoms with van der Waals surface area (Å²) in [5, 5.41) is 12.5. The zero-order chi connectivity index (χ0) is 16.0. The molecular formula is C15H22N2O3S. The van der Waals surface area contributed by atoms with Crippen LogP contribution in [-0.4, -0.2) is 34.3 Å². The molecule has 0 aromatic carbocycles. The molecule has 2 N–H and O–H groups in total. The molecule has 21 heavy (non-hydrogen) atoms. The number of nitrogens with one attached hydrogen (secondary N) is 1. The number of hydrogen-bond acceptors (Lipinski definition) is 4. The van der Waals surface area contributed by atoms with Gasteiger partial charge in [-0.25, -0.2) is 4.98 Å². The number of pyridine rings is 1. The van der Waals surface area contributed by atoms with E-state index in [0.717, 1.165) is 0 Å². The largest absolute Gasteiger partial charge is 0.481 e. The van der Waals surface area contributed by atoms with Crippen LogP contribution < -0.4 is 5.32 Å². The Hall–Kier alpha value is -1.56. The van der Waals surface area contributed by atoms with Crippen LogP contribution in [0.15, 0.2) is 23.4 Å². The predicted octanol–water partition coefficient (Wildman–Crippen LogP) is 2.81. The molecule has 0 fully saturated rings. The number of rotatable bonds is 6. The summed E-state index contributed by atoms with van der Waals surface area (Å²) in [6.07, 6.45) is 3.99. The van der Waals surface area contributed by atoms with Crippen LogP contribution in [0.5, 0.6) is 0 Å². The van der Waals surface area contributed by atoms with Crippen LogP contribution in [0.4, 0.5) is 0 Å². The lowest BCUT2D eigenvalue weighted by molar-refractivity contribution is -0.137. The molecule has 1 heterocycles. The molecule has 0 aliphatic heterocycles. The van der Waals surface area contributed by atoms with Gasteiger partial charge in [0.05, 0.1) is 12.0 Å². The van der Waals surface area contributed by atoms with Gasteiger partial charge in [0.15, 0.2) is 0 Å². The summed E-state index contributed by atoms with van der Waals surface area (Å²) in [5.41, 5.74) is 0.416. The molecular weight excluding hydrogens is 288 g/mol. The van der Waals surface area contributed by atoms with Gasteiger partial charge < -0.3 is 10.4 Å². The molecule has 6 heteroatoms. The van der Waals surface area contributed by atoms with Crippen LogP contribution in [0.2, 0.25) is 0 Å². The lowest BCUT2D eigenvalue weighted by Gasteiger charge is -2.26. The lowest BCUT2D eigenvalue weighted by atomic mass is 9.87. The van der Waals surface area contributed by atoms with Crippen molar-refractivity contribution < 1.29 is 14.7 Å². The number of carboxylic acids is 1. The van der Waals surface area contributed by atoms with Gasteiger partial charge in [-0.15, -0.1) is 11.8 Å². The first-order valence-corrected chi connectivity index (χ1v) is 7.97. The Balaban J connectivity index is 2.86. The number of amides is 1. The molecule has 1 aromatic heterocycles. The summed E-state index contributed by atoms with van der Waals surface area (Å²) in [4.78, 5) is 27.5. The number of aliphatic carboxylic acids is 1. The van der Waals surface area contributed by atoms with E-state index in [1.807, 2.05) is 27.0 Å². The van der Waals surface area contributed by atoms with E-state index in [4.69, 9.17) is 5.11 Å². The van der Waals surface area contributed by atoms with Crippen molar-refractivity contribution in [3.63, 3.8) is 0 Å². The number of carbonyl (C=O) groups excluding carboxylic acids is 1. The fourth-order valence-electron chi connectivity index (χ4n) is 2.11. The van der Waals surface area contributed by atoms with E-state index in [1.165, 1.54) is 11.8 Å². The van der Waals surface area contributed by atoms with Crippen LogP contribution in [0.25, 0.3) is 0 Å². The average Bonchev–Trinajstić information content (AvgIpc) is 2.35. The lowest BCUT2D eigenvalue weighted by Crippen LogP contribution is -2.39. The van der Waals surface area contributed by atoms with E-state index in [-0.39, 0.29) is 17.7 Å². The van der Waals surface area contributed by atoms with Gasteiger partial charge in [0, 0.05) is 12.2 Å². The molecule has 1 amide bonds. The molecule has 0 saturated carbocycles. The second kappa shape index (κ2) is 7.45. The SMILES string of the molecule is CSc1ncccc1C(=O)NC(CC(=O)O)CC(C)(C)C. The highest BCUT2D eigenvalue weighted by atomic mass is 32.2. The average molecular weight is 310 g/mol. The number of aromatic nitrogens is 1. The van der Waals surface area contributed by atoms with Crippen molar-refractivity contribution in [1.82, 2.24) is 10.3 Å². The Morgan fingerprint density at radius 3 is 2.62 bits per heavy atom. The summed E-state index contributed by atoms with van der Waals surface area (Å²) in [6.45, 7) is 6.06. The fourth-order valence-corrected chi connectivity index (χ4v) is 2.66. The van der Waals surface area contributed by atoms with E-state index < -0.39 is 12.0 Å². The first kappa shape index (κ1) is 17.5. The summed E-state index contributed by atoms with van der Waals surface area (Å²) < 4.78 is 0. The van der Waals surface area contributed by atoms with Crippen molar-refractivity contribution in [2.75, 3.05) is 6.26 Å². The van der Waals surface area contributed by atoms with Crippen molar-refractivity contribution in [2.24, 2.45) is 5.41 Å². The summed E-state index contributed by atoms with van der Waals surface area (Å²) >= 11 is 1.39. The third-order valence-corrected chi connectivity index (χ3v) is 3.54. The van der Waals surface area contributed by atoms with Crippen molar-refractivity contribution in [1.29, 1.82) is 0 Å². The maximum atomic E-state index is 12.3. The molecule has 0 aliphatic rings. The molecule has 1 aromatic rings. The van der Waals surface area contributed by atoms with Crippen molar-refractivity contribution in [2.45, 2.75) is 44.7 Å². The summed E-state index contributed by atoms with van der Waals surface area (Å²) in [7, 11) is 0. The Bertz CT molecular complexity index is 512. The van der Waals surface area contributed by atoms with Crippen LogP contribution in [-0.2, 0) is 4.79 Å². The number of carboxylic acid groups (broad SMARTS) is 1. The molecule has 0 aliphatic carbocycles. The fraction of sp³-hybridized carbons (Fsp3) is 0.533. The van der Waals surface area contributed by atoms with Gasteiger partial charge in [0.2, 0.25) is 0 Å². The minimum Gasteiger partial charge on any atom is -0.481 e. The van der Waals surface area contributed by atoms with Gasteiger partial charge in [0.25, 0.3) is 5.91 Å². The zero-order valence-corrected chi connectivity index (χ0v) is 13.7. The molecule has 0 saturated heterocycles. The Labute approximate surface area is 129 Å². The third-order valence-electron chi connectivity index (χ3n) is 2.82. The van der Waals surface area contributed by atoms with Crippen LogP contribution >= 0.6 is 11.8 Å². The highest BCUT2D eigenvalue weighted by molar-refractivity contribution is 7.98. The van der Waals surface area contributed by atoms with Crippen LogP contribution in [0, 0.1) is 5.41 Å². The third kappa shape index (κ3) is 6.16. The smallest absolute Gasteiger partial charge is 0.305 e. The minimum atomic E-state index is -0.916. The molecule has 1 unspecified atom stereocenters. The number of hydrogen-bond donors (Lipinski definition) is 2. The van der Waals surface area contributed by atoms with Gasteiger partial charge in [0.1, 0.15) is 5.03 Å². The molecule has 1 rings (SSSR count). The van der Waals surface area contributed by atoms with Crippen molar-refractivity contribution in [3.05, 3.63) is 23.9 Å². The van der Waals surface area contributed by atoms with Crippen molar-refractivity contribution >= 4 is 23.6 Å². The molecule has 5 nitrogen and oxygen atoms in total. The van der Waals surface area contributed by atoms with E-state index >= 15 is 0 Å². The first-order chi connectivity index (χ1) is 9.73. The standard InChI is InChI=1S/C15H22N2O3S/c1-15(2,3)9-10(8-12(18)19)17-13(20)11-6-5-7-16-14(11)21-4/h5-7,10H,8-9H2,1-4H3,(H,17,20)(H,18,19). The zero-order valence-electron chi connectivity index (χ0n) is 12.8. The number of thioether (sulfide) groups is 1. The van der Waals surface area contributed by atoms with Gasteiger partial charge in [-0.05, 0) is 30.2 Å². The topological polar surface area (TPSA) is 79.3 Å². The second-order valence-electron chi connectivity index (χ2n) is 6.09. The summed E-state index contributed by atoms with van der Waals surface area (Å²) in [5.74, 6) is -1.19. The van der Waals surface area contributed by atoms with Crippen LogP contribution in [0.3, 0.4) is 0 Å². The highest BCUT2D eigenvalue weighted by Crippen LogP contribution is 2.23. The van der Waals surface area contributed by atoms with E-state index in [1.54, 1.807) is 18.3 Å². The molecule has 0 spiro atoms. The van der Waals surface area contributed by atoms with Gasteiger partial charge in [-0.2, -0.15) is 0 Å². The quantitative estimate of drug-likeness (QED) is 0.790. The van der Waals surface area contributed by atoms with E-state index in [0.29, 0.717) is 17.0 Å². The number of carbonyl (C=O) groups is 2. The first-order valence-electron chi connectivity index (χ1n) is 6.74. The molecule has 1 atom stereocenters. The molecule has 0 bridgehead atoms. The predicted molar refractivity (Wildman–Crippen MR) is 83.6 cm³/mol.